The molecule has 5 nitrogen and oxygen atoms in total. The molecule has 2 aromatic rings. The summed E-state index contributed by atoms with van der Waals surface area (Å²) in [6.45, 7) is 5.35. The summed E-state index contributed by atoms with van der Waals surface area (Å²) in [7, 11) is -3.75. The van der Waals surface area contributed by atoms with Crippen LogP contribution in [0, 0.1) is 6.92 Å². The number of anilines is 1. The molecule has 0 saturated carbocycles. The number of hydrogen-bond donors (Lipinski definition) is 1. The number of hydrogen-bond acceptors (Lipinski definition) is 3. The lowest BCUT2D eigenvalue weighted by Crippen LogP contribution is -2.48. The number of nitrogens with one attached hydrogen (secondary N) is 1. The maximum absolute atomic E-state index is 12.7. The fourth-order valence-corrected chi connectivity index (χ4v) is 4.42. The Bertz CT molecular complexity index is 910. The van der Waals surface area contributed by atoms with Gasteiger partial charge < -0.3 is 5.32 Å². The fourth-order valence-electron chi connectivity index (χ4n) is 2.75. The van der Waals surface area contributed by atoms with E-state index in [1.165, 1.54) is 25.1 Å². The van der Waals surface area contributed by atoms with Crippen LogP contribution in [0.4, 0.5) is 5.69 Å². The molecule has 0 unspecified atom stereocenters. The van der Waals surface area contributed by atoms with E-state index in [1.807, 2.05) is 38.1 Å². The normalized spacial score (nSPS) is 13.7. The average molecular weight is 429 g/mol. The average Bonchev–Trinajstić information content (AvgIpc) is 2.53. The third-order valence-corrected chi connectivity index (χ3v) is 5.80. The van der Waals surface area contributed by atoms with Gasteiger partial charge in [-0.2, -0.15) is 0 Å². The Labute approximate surface area is 170 Å². The standard InChI is InChI=1S/C19H22Cl2N2O3S/c1-12-5-7-15(8-6-12)13(2)22-19(24)14(3)23(27(4,25)26)18-10-16(20)9-17(21)11-18/h5-11,13-14H,1-4H3,(H,22,24)/t13-,14-/m1/s1. The molecule has 2 aromatic carbocycles. The number of sulfonamides is 1. The molecular weight excluding hydrogens is 407 g/mol. The van der Waals surface area contributed by atoms with E-state index in [1.54, 1.807) is 0 Å². The van der Waals surface area contributed by atoms with Gasteiger partial charge in [0.15, 0.2) is 0 Å². The topological polar surface area (TPSA) is 66.5 Å². The lowest BCUT2D eigenvalue weighted by Gasteiger charge is -2.29. The van der Waals surface area contributed by atoms with Gasteiger partial charge in [-0.15, -0.1) is 0 Å². The molecule has 27 heavy (non-hydrogen) atoms. The molecule has 1 amide bonds. The Hall–Kier alpha value is -1.76. The highest BCUT2D eigenvalue weighted by Gasteiger charge is 2.30. The quantitative estimate of drug-likeness (QED) is 0.743. The predicted octanol–water partition coefficient (Wildman–Crippen LogP) is 4.33. The second-order valence-electron chi connectivity index (χ2n) is 6.50. The Kier molecular flexibility index (Phi) is 6.78. The van der Waals surface area contributed by atoms with Crippen molar-refractivity contribution < 1.29 is 13.2 Å². The Morgan fingerprint density at radius 3 is 2.04 bits per heavy atom. The van der Waals surface area contributed by atoms with Crippen molar-refractivity contribution in [2.45, 2.75) is 32.9 Å². The van der Waals surface area contributed by atoms with E-state index < -0.39 is 22.0 Å². The van der Waals surface area contributed by atoms with Crippen molar-refractivity contribution in [3.05, 3.63) is 63.6 Å². The van der Waals surface area contributed by atoms with Crippen molar-refractivity contribution in [2.24, 2.45) is 0 Å². The summed E-state index contributed by atoms with van der Waals surface area (Å²) >= 11 is 12.0. The monoisotopic (exact) mass is 428 g/mol. The Morgan fingerprint density at radius 2 is 1.56 bits per heavy atom. The van der Waals surface area contributed by atoms with Crippen LogP contribution in [0.3, 0.4) is 0 Å². The predicted molar refractivity (Wildman–Crippen MR) is 111 cm³/mol. The third-order valence-electron chi connectivity index (χ3n) is 4.13. The highest BCUT2D eigenvalue weighted by molar-refractivity contribution is 7.92. The van der Waals surface area contributed by atoms with Crippen molar-refractivity contribution >= 4 is 44.8 Å². The summed E-state index contributed by atoms with van der Waals surface area (Å²) in [6.07, 6.45) is 1.04. The molecule has 8 heteroatoms. The highest BCUT2D eigenvalue weighted by Crippen LogP contribution is 2.28. The van der Waals surface area contributed by atoms with Crippen molar-refractivity contribution in [3.8, 4) is 0 Å². The largest absolute Gasteiger partial charge is 0.348 e. The minimum absolute atomic E-state index is 0.237. The van der Waals surface area contributed by atoms with E-state index >= 15 is 0 Å². The Balaban J connectivity index is 2.28. The number of carbonyl (C=O) groups excluding carboxylic acids is 1. The van der Waals surface area contributed by atoms with Crippen LogP contribution >= 0.6 is 23.2 Å². The van der Waals surface area contributed by atoms with E-state index in [0.717, 1.165) is 21.7 Å². The van der Waals surface area contributed by atoms with Gasteiger partial charge >= 0.3 is 0 Å². The number of halogens is 2. The number of benzene rings is 2. The number of amides is 1. The summed E-state index contributed by atoms with van der Waals surface area (Å²) in [6, 6.07) is 10.9. The number of aryl methyl sites for hydroxylation is 1. The maximum atomic E-state index is 12.7. The van der Waals surface area contributed by atoms with Gasteiger partial charge in [0.25, 0.3) is 0 Å². The van der Waals surface area contributed by atoms with E-state index in [9.17, 15) is 13.2 Å². The molecule has 0 saturated heterocycles. The number of carbonyl (C=O) groups is 1. The van der Waals surface area contributed by atoms with E-state index in [4.69, 9.17) is 23.2 Å². The van der Waals surface area contributed by atoms with Crippen LogP contribution in [0.25, 0.3) is 0 Å². The SMILES string of the molecule is Cc1ccc([C@@H](C)NC(=O)[C@@H](C)N(c2cc(Cl)cc(Cl)c2)S(C)(=O)=O)cc1. The van der Waals surface area contributed by atoms with Crippen molar-refractivity contribution in [1.82, 2.24) is 5.32 Å². The van der Waals surface area contributed by atoms with Crippen LogP contribution in [0.5, 0.6) is 0 Å². The molecule has 1 N–H and O–H groups in total. The lowest BCUT2D eigenvalue weighted by molar-refractivity contribution is -0.122. The molecule has 0 bridgehead atoms. The van der Waals surface area contributed by atoms with Gasteiger partial charge in [-0.25, -0.2) is 8.42 Å². The van der Waals surface area contributed by atoms with Crippen molar-refractivity contribution in [2.75, 3.05) is 10.6 Å². The summed E-state index contributed by atoms with van der Waals surface area (Å²) < 4.78 is 25.7. The molecular formula is C19H22Cl2N2O3S. The van der Waals surface area contributed by atoms with Crippen molar-refractivity contribution in [3.63, 3.8) is 0 Å². The van der Waals surface area contributed by atoms with Crippen LogP contribution in [0.2, 0.25) is 10.0 Å². The molecule has 0 aliphatic rings. The first-order valence-corrected chi connectivity index (χ1v) is 10.9. The van der Waals surface area contributed by atoms with Gasteiger partial charge in [-0.3, -0.25) is 9.10 Å². The molecule has 0 aromatic heterocycles. The number of rotatable bonds is 6. The molecule has 2 rings (SSSR count). The van der Waals surface area contributed by atoms with Gasteiger partial charge in [0.2, 0.25) is 15.9 Å². The zero-order valence-corrected chi connectivity index (χ0v) is 17.9. The van der Waals surface area contributed by atoms with E-state index in [2.05, 4.69) is 5.32 Å². The highest BCUT2D eigenvalue weighted by atomic mass is 35.5. The van der Waals surface area contributed by atoms with Gasteiger partial charge in [-0.05, 0) is 44.5 Å². The minimum Gasteiger partial charge on any atom is -0.348 e. The summed E-state index contributed by atoms with van der Waals surface area (Å²) in [5.41, 5.74) is 2.28. The molecule has 2 atom stereocenters. The Morgan fingerprint density at radius 1 is 1.04 bits per heavy atom. The molecule has 0 aliphatic carbocycles. The first-order valence-electron chi connectivity index (χ1n) is 8.31. The van der Waals surface area contributed by atoms with Crippen molar-refractivity contribution in [1.29, 1.82) is 0 Å². The summed E-state index contributed by atoms with van der Waals surface area (Å²) in [5.74, 6) is -0.426. The molecule has 0 fully saturated rings. The molecule has 0 radical (unpaired) electrons. The van der Waals surface area contributed by atoms with E-state index in [-0.39, 0.29) is 21.8 Å². The zero-order chi connectivity index (χ0) is 20.4. The smallest absolute Gasteiger partial charge is 0.244 e. The summed E-state index contributed by atoms with van der Waals surface area (Å²) in [5, 5.41) is 3.42. The molecule has 0 heterocycles. The molecule has 146 valence electrons. The van der Waals surface area contributed by atoms with Crippen LogP contribution in [0.1, 0.15) is 31.0 Å². The second kappa shape index (κ2) is 8.50. The zero-order valence-electron chi connectivity index (χ0n) is 15.5. The van der Waals surface area contributed by atoms with Crippen LogP contribution in [0.15, 0.2) is 42.5 Å². The lowest BCUT2D eigenvalue weighted by atomic mass is 10.1. The minimum atomic E-state index is -3.75. The van der Waals surface area contributed by atoms with Crippen LogP contribution < -0.4 is 9.62 Å². The number of nitrogens with zero attached hydrogens (tertiary/aromatic N) is 1. The first-order chi connectivity index (χ1) is 12.5. The van der Waals surface area contributed by atoms with Gasteiger partial charge in [0.1, 0.15) is 6.04 Å². The molecule has 0 spiro atoms. The van der Waals surface area contributed by atoms with Gasteiger partial charge in [0.05, 0.1) is 18.0 Å². The first kappa shape index (κ1) is 21.5. The molecule has 0 aliphatic heterocycles. The second-order valence-corrected chi connectivity index (χ2v) is 9.24. The van der Waals surface area contributed by atoms with Crippen LogP contribution in [-0.4, -0.2) is 26.6 Å². The summed E-state index contributed by atoms with van der Waals surface area (Å²) in [4.78, 5) is 12.7. The van der Waals surface area contributed by atoms with E-state index in [0.29, 0.717) is 0 Å². The van der Waals surface area contributed by atoms with Gasteiger partial charge in [0, 0.05) is 10.0 Å². The van der Waals surface area contributed by atoms with Crippen LogP contribution in [-0.2, 0) is 14.8 Å². The van der Waals surface area contributed by atoms with Gasteiger partial charge in [-0.1, -0.05) is 53.0 Å². The third kappa shape index (κ3) is 5.61. The fraction of sp³-hybridized carbons (Fsp3) is 0.316. The maximum Gasteiger partial charge on any atom is 0.244 e.